The van der Waals surface area contributed by atoms with Crippen molar-refractivity contribution in [3.05, 3.63) is 94.3 Å². The minimum absolute atomic E-state index is 0.0243. The first kappa shape index (κ1) is 22.4. The first-order valence-electron chi connectivity index (χ1n) is 10.4. The SMILES string of the molecule is C=CCOc1ccc(C2C(C(=O)c3cccs3)=C(O)C(=O)N2Cc2ccco2)cc1OCC. The van der Waals surface area contributed by atoms with Crippen molar-refractivity contribution in [3.8, 4) is 11.5 Å². The van der Waals surface area contributed by atoms with Gasteiger partial charge in [0.2, 0.25) is 5.78 Å². The molecule has 0 spiro atoms. The summed E-state index contributed by atoms with van der Waals surface area (Å²) in [6.45, 7) is 6.29. The monoisotopic (exact) mass is 465 g/mol. The highest BCUT2D eigenvalue weighted by molar-refractivity contribution is 7.12. The first-order chi connectivity index (χ1) is 16.0. The largest absolute Gasteiger partial charge is 0.503 e. The van der Waals surface area contributed by atoms with Crippen molar-refractivity contribution in [3.63, 3.8) is 0 Å². The van der Waals surface area contributed by atoms with Gasteiger partial charge in [-0.3, -0.25) is 9.59 Å². The summed E-state index contributed by atoms with van der Waals surface area (Å²) in [4.78, 5) is 28.3. The second-order valence-electron chi connectivity index (χ2n) is 7.22. The van der Waals surface area contributed by atoms with Crippen LogP contribution in [0.15, 0.2) is 82.5 Å². The van der Waals surface area contributed by atoms with E-state index in [-0.39, 0.29) is 12.1 Å². The number of aliphatic hydroxyl groups is 1. The Bertz CT molecular complexity index is 1180. The Labute approximate surface area is 195 Å². The lowest BCUT2D eigenvalue weighted by Gasteiger charge is -2.26. The van der Waals surface area contributed by atoms with Crippen LogP contribution in [0.25, 0.3) is 0 Å². The summed E-state index contributed by atoms with van der Waals surface area (Å²) < 4.78 is 16.9. The number of thiophene rings is 1. The average molecular weight is 466 g/mol. The lowest BCUT2D eigenvalue weighted by Crippen LogP contribution is -2.30. The lowest BCUT2D eigenvalue weighted by atomic mass is 9.95. The summed E-state index contributed by atoms with van der Waals surface area (Å²) in [6.07, 6.45) is 3.14. The Morgan fingerprint density at radius 3 is 2.76 bits per heavy atom. The number of nitrogens with zero attached hydrogens (tertiary/aromatic N) is 1. The Morgan fingerprint density at radius 1 is 1.24 bits per heavy atom. The molecular formula is C25H23NO6S. The molecule has 170 valence electrons. The maximum atomic E-state index is 13.3. The second-order valence-corrected chi connectivity index (χ2v) is 8.17. The normalized spacial score (nSPS) is 15.7. The number of ketones is 1. The molecule has 33 heavy (non-hydrogen) atoms. The molecular weight excluding hydrogens is 442 g/mol. The number of benzene rings is 1. The number of hydrogen-bond acceptors (Lipinski definition) is 7. The molecule has 0 saturated heterocycles. The molecule has 1 aliphatic heterocycles. The number of carbonyl (C=O) groups excluding carboxylic acids is 2. The van der Waals surface area contributed by atoms with E-state index in [0.29, 0.717) is 40.9 Å². The molecule has 4 rings (SSSR count). The zero-order valence-corrected chi connectivity index (χ0v) is 18.8. The summed E-state index contributed by atoms with van der Waals surface area (Å²) >= 11 is 1.25. The van der Waals surface area contributed by atoms with Crippen LogP contribution in [-0.4, -0.2) is 34.9 Å². The van der Waals surface area contributed by atoms with Crippen molar-refractivity contribution in [1.82, 2.24) is 4.90 Å². The summed E-state index contributed by atoms with van der Waals surface area (Å²) in [5.41, 5.74) is 0.629. The Kier molecular flexibility index (Phi) is 6.65. The molecule has 3 heterocycles. The van der Waals surface area contributed by atoms with Crippen LogP contribution in [0.5, 0.6) is 11.5 Å². The van der Waals surface area contributed by atoms with Gasteiger partial charge in [-0.25, -0.2) is 0 Å². The number of amides is 1. The molecule has 8 heteroatoms. The topological polar surface area (TPSA) is 89.2 Å². The number of ether oxygens (including phenoxy) is 2. The molecule has 0 saturated carbocycles. The Hall–Kier alpha value is -3.78. The maximum Gasteiger partial charge on any atom is 0.290 e. The van der Waals surface area contributed by atoms with E-state index in [1.54, 1.807) is 53.9 Å². The van der Waals surface area contributed by atoms with Gasteiger partial charge in [0.1, 0.15) is 12.4 Å². The van der Waals surface area contributed by atoms with Gasteiger partial charge in [0.05, 0.1) is 35.9 Å². The van der Waals surface area contributed by atoms with Crippen LogP contribution >= 0.6 is 11.3 Å². The summed E-state index contributed by atoms with van der Waals surface area (Å²) in [6, 6.07) is 11.3. The number of hydrogen-bond donors (Lipinski definition) is 1. The maximum absolute atomic E-state index is 13.3. The predicted molar refractivity (Wildman–Crippen MR) is 124 cm³/mol. The summed E-state index contributed by atoms with van der Waals surface area (Å²) in [5.74, 6) is -0.0795. The fourth-order valence-corrected chi connectivity index (χ4v) is 4.42. The average Bonchev–Trinajstić information content (AvgIpc) is 3.57. The number of rotatable bonds is 10. The van der Waals surface area contributed by atoms with Crippen LogP contribution in [-0.2, 0) is 11.3 Å². The van der Waals surface area contributed by atoms with Gasteiger partial charge < -0.3 is 23.9 Å². The van der Waals surface area contributed by atoms with Gasteiger partial charge in [-0.05, 0) is 48.2 Å². The number of furan rings is 1. The van der Waals surface area contributed by atoms with Crippen LogP contribution in [0.4, 0.5) is 0 Å². The number of Topliss-reactive ketones (excluding diaryl/α,β-unsaturated/α-hetero) is 1. The number of carbonyl (C=O) groups is 2. The molecule has 1 N–H and O–H groups in total. The second kappa shape index (κ2) is 9.79. The smallest absolute Gasteiger partial charge is 0.290 e. The van der Waals surface area contributed by atoms with Crippen molar-refractivity contribution < 1.29 is 28.6 Å². The predicted octanol–water partition coefficient (Wildman–Crippen LogP) is 5.08. The molecule has 1 aliphatic rings. The fraction of sp³-hybridized carbons (Fsp3) is 0.200. The highest BCUT2D eigenvalue weighted by atomic mass is 32.1. The van der Waals surface area contributed by atoms with E-state index >= 15 is 0 Å². The zero-order chi connectivity index (χ0) is 23.4. The van der Waals surface area contributed by atoms with E-state index in [1.807, 2.05) is 6.92 Å². The number of aliphatic hydroxyl groups excluding tert-OH is 1. The molecule has 0 fully saturated rings. The summed E-state index contributed by atoms with van der Waals surface area (Å²) in [7, 11) is 0. The third-order valence-corrected chi connectivity index (χ3v) is 6.01. The molecule has 1 aromatic carbocycles. The zero-order valence-electron chi connectivity index (χ0n) is 18.0. The van der Waals surface area contributed by atoms with E-state index in [4.69, 9.17) is 13.9 Å². The standard InChI is InChI=1S/C25H23NO6S/c1-3-11-32-18-10-9-16(14-19(18)30-4-2)22-21(23(27)20-8-6-13-33-20)24(28)25(29)26(22)15-17-7-5-12-31-17/h3,5-10,12-14,22,28H,1,4,11,15H2,2H3. The third-order valence-electron chi connectivity index (χ3n) is 5.14. The van der Waals surface area contributed by atoms with Crippen LogP contribution in [0.3, 0.4) is 0 Å². The molecule has 1 atom stereocenters. The van der Waals surface area contributed by atoms with E-state index in [1.165, 1.54) is 22.5 Å². The van der Waals surface area contributed by atoms with Crippen LogP contribution < -0.4 is 9.47 Å². The molecule has 0 bridgehead atoms. The molecule has 2 aromatic heterocycles. The summed E-state index contributed by atoms with van der Waals surface area (Å²) in [5, 5.41) is 12.5. The lowest BCUT2D eigenvalue weighted by molar-refractivity contribution is -0.130. The van der Waals surface area contributed by atoms with E-state index in [2.05, 4.69) is 6.58 Å². The van der Waals surface area contributed by atoms with Crippen molar-refractivity contribution in [1.29, 1.82) is 0 Å². The third kappa shape index (κ3) is 4.42. The van der Waals surface area contributed by atoms with E-state index < -0.39 is 23.5 Å². The Morgan fingerprint density at radius 2 is 2.09 bits per heavy atom. The highest BCUT2D eigenvalue weighted by Crippen LogP contribution is 2.42. The van der Waals surface area contributed by atoms with Crippen molar-refractivity contribution in [2.24, 2.45) is 0 Å². The van der Waals surface area contributed by atoms with Crippen LogP contribution in [0, 0.1) is 0 Å². The van der Waals surface area contributed by atoms with Gasteiger partial charge in [0.25, 0.3) is 5.91 Å². The van der Waals surface area contributed by atoms with E-state index in [0.717, 1.165) is 0 Å². The van der Waals surface area contributed by atoms with Gasteiger partial charge in [0, 0.05) is 0 Å². The molecule has 3 aromatic rings. The van der Waals surface area contributed by atoms with Gasteiger partial charge >= 0.3 is 0 Å². The van der Waals surface area contributed by atoms with Crippen molar-refractivity contribution in [2.45, 2.75) is 19.5 Å². The van der Waals surface area contributed by atoms with Gasteiger partial charge in [-0.2, -0.15) is 0 Å². The molecule has 0 radical (unpaired) electrons. The van der Waals surface area contributed by atoms with Crippen LogP contribution in [0.1, 0.15) is 34.0 Å². The molecule has 1 unspecified atom stereocenters. The fourth-order valence-electron chi connectivity index (χ4n) is 3.74. The molecule has 1 amide bonds. The minimum atomic E-state index is -0.829. The van der Waals surface area contributed by atoms with Crippen molar-refractivity contribution >= 4 is 23.0 Å². The Balaban J connectivity index is 1.80. The first-order valence-corrected chi connectivity index (χ1v) is 11.3. The van der Waals surface area contributed by atoms with Crippen LogP contribution in [0.2, 0.25) is 0 Å². The van der Waals surface area contributed by atoms with Crippen molar-refractivity contribution in [2.75, 3.05) is 13.2 Å². The van der Waals surface area contributed by atoms with Gasteiger partial charge in [-0.15, -0.1) is 11.3 Å². The minimum Gasteiger partial charge on any atom is -0.503 e. The van der Waals surface area contributed by atoms with Gasteiger partial charge in [-0.1, -0.05) is 24.8 Å². The quantitative estimate of drug-likeness (QED) is 0.332. The highest BCUT2D eigenvalue weighted by Gasteiger charge is 2.44. The molecule has 0 aliphatic carbocycles. The van der Waals surface area contributed by atoms with Gasteiger partial charge in [0.15, 0.2) is 17.3 Å². The molecule has 7 nitrogen and oxygen atoms in total. The van der Waals surface area contributed by atoms with E-state index in [9.17, 15) is 14.7 Å².